The summed E-state index contributed by atoms with van der Waals surface area (Å²) in [7, 11) is 1.68. The standard InChI is InChI=1S/C21H17N3O5/c1-4-28-21(25)20-19(18(22-2)13-23(20)3)14-8-10-16(11-9-14)29-17-7-5-6-15(12-17)24(26)27/h5-13H,4H2,1,3H3. The fraction of sp³-hybridized carbons (Fsp3) is 0.143. The van der Waals surface area contributed by atoms with Crippen molar-refractivity contribution in [3.8, 4) is 22.6 Å². The van der Waals surface area contributed by atoms with Gasteiger partial charge in [0.1, 0.15) is 17.2 Å². The van der Waals surface area contributed by atoms with E-state index in [-0.39, 0.29) is 12.3 Å². The minimum Gasteiger partial charge on any atom is -0.461 e. The van der Waals surface area contributed by atoms with E-state index >= 15 is 0 Å². The molecule has 0 radical (unpaired) electrons. The Balaban J connectivity index is 1.93. The minimum absolute atomic E-state index is 0.0656. The number of nitro groups is 1. The van der Waals surface area contributed by atoms with Gasteiger partial charge in [-0.1, -0.05) is 18.2 Å². The molecule has 0 fully saturated rings. The number of hydrogen-bond donors (Lipinski definition) is 0. The largest absolute Gasteiger partial charge is 0.461 e. The second-order valence-corrected chi connectivity index (χ2v) is 6.06. The third kappa shape index (κ3) is 4.09. The van der Waals surface area contributed by atoms with E-state index in [1.165, 1.54) is 12.1 Å². The van der Waals surface area contributed by atoms with Crippen molar-refractivity contribution in [1.29, 1.82) is 0 Å². The number of ether oxygens (including phenoxy) is 2. The van der Waals surface area contributed by atoms with Crippen molar-refractivity contribution in [2.75, 3.05) is 6.61 Å². The molecule has 0 bridgehead atoms. The molecule has 1 heterocycles. The van der Waals surface area contributed by atoms with Crippen LogP contribution in [-0.2, 0) is 11.8 Å². The Morgan fingerprint density at radius 1 is 1.21 bits per heavy atom. The average Bonchev–Trinajstić information content (AvgIpc) is 3.05. The van der Waals surface area contributed by atoms with Crippen molar-refractivity contribution in [1.82, 2.24) is 4.57 Å². The van der Waals surface area contributed by atoms with Crippen LogP contribution < -0.4 is 4.74 Å². The number of aryl methyl sites for hydroxylation is 1. The van der Waals surface area contributed by atoms with Crippen LogP contribution in [0.4, 0.5) is 11.4 Å². The molecule has 0 saturated carbocycles. The van der Waals surface area contributed by atoms with E-state index in [1.54, 1.807) is 61.1 Å². The summed E-state index contributed by atoms with van der Waals surface area (Å²) in [6.45, 7) is 9.36. The summed E-state index contributed by atoms with van der Waals surface area (Å²) < 4.78 is 12.4. The first kappa shape index (κ1) is 19.6. The first-order valence-corrected chi connectivity index (χ1v) is 8.71. The molecule has 146 valence electrons. The van der Waals surface area contributed by atoms with E-state index in [0.717, 1.165) is 0 Å². The van der Waals surface area contributed by atoms with Gasteiger partial charge in [-0.25, -0.2) is 9.64 Å². The van der Waals surface area contributed by atoms with Crippen LogP contribution in [0.25, 0.3) is 16.0 Å². The summed E-state index contributed by atoms with van der Waals surface area (Å²) in [5.74, 6) is 0.296. The van der Waals surface area contributed by atoms with Crippen molar-refractivity contribution >= 4 is 17.3 Å². The van der Waals surface area contributed by atoms with Gasteiger partial charge in [-0.3, -0.25) is 10.1 Å². The Morgan fingerprint density at radius 3 is 2.55 bits per heavy atom. The van der Waals surface area contributed by atoms with Crippen LogP contribution in [0.3, 0.4) is 0 Å². The molecular weight excluding hydrogens is 374 g/mol. The van der Waals surface area contributed by atoms with Crippen LogP contribution in [0.2, 0.25) is 0 Å². The van der Waals surface area contributed by atoms with Crippen LogP contribution in [-0.4, -0.2) is 22.1 Å². The monoisotopic (exact) mass is 391 g/mol. The molecule has 0 aliphatic rings. The van der Waals surface area contributed by atoms with E-state index in [1.807, 2.05) is 0 Å². The van der Waals surface area contributed by atoms with E-state index in [0.29, 0.717) is 34.0 Å². The van der Waals surface area contributed by atoms with E-state index in [2.05, 4.69) is 4.85 Å². The molecule has 3 aromatic rings. The quantitative estimate of drug-likeness (QED) is 0.252. The third-order valence-electron chi connectivity index (χ3n) is 4.16. The highest BCUT2D eigenvalue weighted by Crippen LogP contribution is 2.37. The maximum Gasteiger partial charge on any atom is 0.354 e. The molecule has 2 aromatic carbocycles. The lowest BCUT2D eigenvalue weighted by Crippen LogP contribution is -2.10. The fourth-order valence-electron chi connectivity index (χ4n) is 2.91. The zero-order valence-corrected chi connectivity index (χ0v) is 15.8. The normalized spacial score (nSPS) is 10.2. The van der Waals surface area contributed by atoms with E-state index < -0.39 is 10.9 Å². The molecule has 29 heavy (non-hydrogen) atoms. The summed E-state index contributed by atoms with van der Waals surface area (Å²) in [4.78, 5) is 26.3. The van der Waals surface area contributed by atoms with Crippen LogP contribution in [0, 0.1) is 16.7 Å². The molecule has 0 atom stereocenters. The van der Waals surface area contributed by atoms with Crippen LogP contribution in [0.1, 0.15) is 17.4 Å². The lowest BCUT2D eigenvalue weighted by atomic mass is 10.0. The van der Waals surface area contributed by atoms with Crippen molar-refractivity contribution in [2.45, 2.75) is 6.92 Å². The zero-order valence-electron chi connectivity index (χ0n) is 15.8. The predicted octanol–water partition coefficient (Wildman–Crippen LogP) is 5.12. The lowest BCUT2D eigenvalue weighted by Gasteiger charge is -2.10. The number of nitro benzene ring substituents is 1. The summed E-state index contributed by atoms with van der Waals surface area (Å²) in [5, 5.41) is 10.9. The molecule has 0 unspecified atom stereocenters. The molecule has 0 aliphatic carbocycles. The van der Waals surface area contributed by atoms with Crippen molar-refractivity contribution in [3.05, 3.63) is 82.0 Å². The van der Waals surface area contributed by atoms with Gasteiger partial charge in [0, 0.05) is 24.9 Å². The van der Waals surface area contributed by atoms with Gasteiger partial charge in [-0.15, -0.1) is 0 Å². The Morgan fingerprint density at radius 2 is 1.93 bits per heavy atom. The molecule has 8 nitrogen and oxygen atoms in total. The van der Waals surface area contributed by atoms with Crippen molar-refractivity contribution < 1.29 is 19.2 Å². The van der Waals surface area contributed by atoms with Gasteiger partial charge >= 0.3 is 5.97 Å². The molecule has 0 spiro atoms. The highest BCUT2D eigenvalue weighted by Gasteiger charge is 2.22. The Labute approximate surface area is 166 Å². The second-order valence-electron chi connectivity index (χ2n) is 6.06. The van der Waals surface area contributed by atoms with Gasteiger partial charge in [0.25, 0.3) is 5.69 Å². The van der Waals surface area contributed by atoms with Gasteiger partial charge in [0.15, 0.2) is 0 Å². The molecule has 1 aromatic heterocycles. The average molecular weight is 391 g/mol. The number of aromatic nitrogens is 1. The number of non-ortho nitro benzene ring substituents is 1. The van der Waals surface area contributed by atoms with Crippen molar-refractivity contribution in [2.24, 2.45) is 7.05 Å². The lowest BCUT2D eigenvalue weighted by molar-refractivity contribution is -0.384. The highest BCUT2D eigenvalue weighted by atomic mass is 16.6. The SMILES string of the molecule is [C-]#[N+]c1cn(C)c(C(=O)OCC)c1-c1ccc(Oc2cccc([N+](=O)[O-])c2)cc1. The highest BCUT2D eigenvalue weighted by molar-refractivity contribution is 6.00. The molecule has 0 aliphatic heterocycles. The number of esters is 1. The minimum atomic E-state index is -0.503. The molecule has 0 amide bonds. The zero-order chi connectivity index (χ0) is 21.0. The van der Waals surface area contributed by atoms with Crippen molar-refractivity contribution in [3.63, 3.8) is 0 Å². The van der Waals surface area contributed by atoms with E-state index in [4.69, 9.17) is 16.0 Å². The number of hydrogen-bond acceptors (Lipinski definition) is 5. The molecule has 3 rings (SSSR count). The summed E-state index contributed by atoms with van der Waals surface area (Å²) in [6, 6.07) is 12.7. The van der Waals surface area contributed by atoms with Crippen LogP contribution in [0.15, 0.2) is 54.7 Å². The summed E-state index contributed by atoms with van der Waals surface area (Å²) in [6.07, 6.45) is 1.59. The third-order valence-corrected chi connectivity index (χ3v) is 4.16. The molecule has 8 heteroatoms. The predicted molar refractivity (Wildman–Crippen MR) is 106 cm³/mol. The molecule has 0 N–H and O–H groups in total. The number of nitrogens with zero attached hydrogens (tertiary/aromatic N) is 3. The molecular formula is C21H17N3O5. The van der Waals surface area contributed by atoms with Crippen LogP contribution >= 0.6 is 0 Å². The fourth-order valence-corrected chi connectivity index (χ4v) is 2.91. The van der Waals surface area contributed by atoms with E-state index in [9.17, 15) is 14.9 Å². The molecule has 0 saturated heterocycles. The van der Waals surface area contributed by atoms with Gasteiger partial charge < -0.3 is 14.0 Å². The maximum absolute atomic E-state index is 12.4. The number of carbonyl (C=O) groups excluding carboxylic acids is 1. The first-order valence-electron chi connectivity index (χ1n) is 8.71. The second kappa shape index (κ2) is 8.27. The Hall–Kier alpha value is -4.12. The van der Waals surface area contributed by atoms with Crippen LogP contribution in [0.5, 0.6) is 11.5 Å². The summed E-state index contributed by atoms with van der Waals surface area (Å²) in [5.41, 5.74) is 1.71. The maximum atomic E-state index is 12.4. The first-order chi connectivity index (χ1) is 13.9. The Kier molecular flexibility index (Phi) is 5.60. The number of rotatable bonds is 6. The smallest absolute Gasteiger partial charge is 0.354 e. The number of carbonyl (C=O) groups is 1. The van der Waals surface area contributed by atoms with Gasteiger partial charge in [0.2, 0.25) is 5.69 Å². The summed E-state index contributed by atoms with van der Waals surface area (Å²) >= 11 is 0. The Bertz CT molecular complexity index is 1110. The topological polar surface area (TPSA) is 88.0 Å². The number of benzene rings is 2. The van der Waals surface area contributed by atoms with Gasteiger partial charge in [-0.05, 0) is 30.7 Å². The van der Waals surface area contributed by atoms with Gasteiger partial charge in [0.05, 0.1) is 24.2 Å². The van der Waals surface area contributed by atoms with Gasteiger partial charge in [-0.2, -0.15) is 0 Å².